The van der Waals surface area contributed by atoms with Crippen molar-refractivity contribution in [3.63, 3.8) is 0 Å². The van der Waals surface area contributed by atoms with Crippen LogP contribution in [0.4, 0.5) is 0 Å². The van der Waals surface area contributed by atoms with Crippen molar-refractivity contribution in [2.24, 2.45) is 4.40 Å². The highest BCUT2D eigenvalue weighted by Gasteiger charge is 2.19. The molecule has 0 bridgehead atoms. The number of nitrogens with zero attached hydrogens (tertiary/aromatic N) is 1. The summed E-state index contributed by atoms with van der Waals surface area (Å²) >= 11 is 0. The lowest BCUT2D eigenvalue weighted by atomic mass is 10.1. The van der Waals surface area contributed by atoms with Crippen molar-refractivity contribution >= 4 is 15.9 Å². The molecule has 1 heterocycles. The Hall–Kier alpha value is -1.40. The second-order valence-corrected chi connectivity index (χ2v) is 4.48. The standard InChI is InChI=1S/C9H10N2O3S/c1-14-8-4-2-7(3-5-8)9-6-10-15(12,13)11-9/h2-5,10H,6H2,1H3. The molecule has 0 amide bonds. The fraction of sp³-hybridized carbons (Fsp3) is 0.222. The second kappa shape index (κ2) is 3.63. The van der Waals surface area contributed by atoms with Crippen LogP contribution in [0.25, 0.3) is 0 Å². The summed E-state index contributed by atoms with van der Waals surface area (Å²) in [5.41, 5.74) is 1.31. The van der Waals surface area contributed by atoms with Gasteiger partial charge in [0.1, 0.15) is 5.75 Å². The minimum absolute atomic E-state index is 0.245. The molecule has 6 heteroatoms. The van der Waals surface area contributed by atoms with E-state index in [0.29, 0.717) is 5.71 Å². The Labute approximate surface area is 88.0 Å². The van der Waals surface area contributed by atoms with Crippen LogP contribution in [0.5, 0.6) is 5.75 Å². The van der Waals surface area contributed by atoms with Gasteiger partial charge in [-0.2, -0.15) is 17.5 Å². The van der Waals surface area contributed by atoms with Gasteiger partial charge in [-0.25, -0.2) is 0 Å². The van der Waals surface area contributed by atoms with Gasteiger partial charge >= 0.3 is 10.2 Å². The van der Waals surface area contributed by atoms with Crippen molar-refractivity contribution in [2.75, 3.05) is 13.7 Å². The molecule has 15 heavy (non-hydrogen) atoms. The Kier molecular flexibility index (Phi) is 2.45. The van der Waals surface area contributed by atoms with Crippen molar-refractivity contribution in [3.8, 4) is 5.75 Å². The fourth-order valence-electron chi connectivity index (χ4n) is 1.31. The molecule has 1 aliphatic heterocycles. The molecule has 0 saturated heterocycles. The van der Waals surface area contributed by atoms with Crippen LogP contribution in [0.1, 0.15) is 5.56 Å². The summed E-state index contributed by atoms with van der Waals surface area (Å²) < 4.78 is 32.9. The zero-order valence-electron chi connectivity index (χ0n) is 8.10. The lowest BCUT2D eigenvalue weighted by Gasteiger charge is -2.01. The zero-order valence-corrected chi connectivity index (χ0v) is 8.91. The topological polar surface area (TPSA) is 67.8 Å². The largest absolute Gasteiger partial charge is 0.497 e. The quantitative estimate of drug-likeness (QED) is 0.790. The molecule has 0 saturated carbocycles. The lowest BCUT2D eigenvalue weighted by Crippen LogP contribution is -2.18. The van der Waals surface area contributed by atoms with Crippen LogP contribution in [-0.4, -0.2) is 27.8 Å². The molecule has 1 aromatic carbocycles. The van der Waals surface area contributed by atoms with E-state index in [0.717, 1.165) is 11.3 Å². The predicted molar refractivity (Wildman–Crippen MR) is 56.5 cm³/mol. The van der Waals surface area contributed by atoms with Crippen LogP contribution >= 0.6 is 0 Å². The van der Waals surface area contributed by atoms with Crippen LogP contribution in [0.15, 0.2) is 28.7 Å². The fourth-order valence-corrected chi connectivity index (χ4v) is 2.15. The van der Waals surface area contributed by atoms with E-state index in [1.807, 2.05) is 0 Å². The van der Waals surface area contributed by atoms with Crippen LogP contribution in [-0.2, 0) is 10.2 Å². The SMILES string of the molecule is COc1ccc(C2=NS(=O)(=O)NC2)cc1. The molecule has 1 aliphatic rings. The summed E-state index contributed by atoms with van der Waals surface area (Å²) in [5.74, 6) is 0.730. The Morgan fingerprint density at radius 1 is 1.33 bits per heavy atom. The van der Waals surface area contributed by atoms with Crippen molar-refractivity contribution in [1.29, 1.82) is 0 Å². The maximum absolute atomic E-state index is 11.0. The first-order chi connectivity index (χ1) is 7.11. The van der Waals surface area contributed by atoms with Gasteiger partial charge in [0.15, 0.2) is 0 Å². The van der Waals surface area contributed by atoms with E-state index in [9.17, 15) is 8.42 Å². The Balaban J connectivity index is 2.32. The van der Waals surface area contributed by atoms with Gasteiger partial charge in [-0.15, -0.1) is 0 Å². The summed E-state index contributed by atoms with van der Waals surface area (Å²) in [5, 5.41) is 0. The normalized spacial score (nSPS) is 18.6. The van der Waals surface area contributed by atoms with Gasteiger partial charge in [0.05, 0.1) is 19.4 Å². The highest BCUT2D eigenvalue weighted by Crippen LogP contribution is 2.14. The van der Waals surface area contributed by atoms with Gasteiger partial charge in [-0.05, 0) is 29.8 Å². The molecule has 0 fully saturated rings. The first-order valence-corrected chi connectivity index (χ1v) is 5.77. The van der Waals surface area contributed by atoms with Crippen LogP contribution in [0.2, 0.25) is 0 Å². The maximum atomic E-state index is 11.0. The summed E-state index contributed by atoms with van der Waals surface area (Å²) in [4.78, 5) is 0. The van der Waals surface area contributed by atoms with Gasteiger partial charge in [-0.3, -0.25) is 0 Å². The van der Waals surface area contributed by atoms with Gasteiger partial charge in [0.25, 0.3) is 0 Å². The number of ether oxygens (including phenoxy) is 1. The first kappa shape index (κ1) is 10.1. The lowest BCUT2D eigenvalue weighted by molar-refractivity contribution is 0.415. The third kappa shape index (κ3) is 2.16. The molecule has 1 N–H and O–H groups in total. The van der Waals surface area contributed by atoms with E-state index >= 15 is 0 Å². The minimum Gasteiger partial charge on any atom is -0.497 e. The van der Waals surface area contributed by atoms with Crippen LogP contribution in [0.3, 0.4) is 0 Å². The van der Waals surface area contributed by atoms with Gasteiger partial charge < -0.3 is 4.74 Å². The molecule has 2 rings (SSSR count). The smallest absolute Gasteiger partial charge is 0.320 e. The minimum atomic E-state index is -3.45. The highest BCUT2D eigenvalue weighted by molar-refractivity contribution is 7.88. The Bertz CT molecular complexity index is 491. The van der Waals surface area contributed by atoms with Crippen LogP contribution in [0, 0.1) is 0 Å². The van der Waals surface area contributed by atoms with Crippen molar-refractivity contribution in [1.82, 2.24) is 4.72 Å². The van der Waals surface area contributed by atoms with E-state index in [-0.39, 0.29) is 6.54 Å². The molecule has 0 aromatic heterocycles. The van der Waals surface area contributed by atoms with Gasteiger partial charge in [0, 0.05) is 0 Å². The third-order valence-corrected chi connectivity index (χ3v) is 3.05. The molecular weight excluding hydrogens is 216 g/mol. The summed E-state index contributed by atoms with van der Waals surface area (Å²) in [7, 11) is -1.88. The van der Waals surface area contributed by atoms with E-state index in [1.54, 1.807) is 31.4 Å². The molecule has 80 valence electrons. The molecular formula is C9H10N2O3S. The van der Waals surface area contributed by atoms with Crippen LogP contribution < -0.4 is 9.46 Å². The van der Waals surface area contributed by atoms with Crippen molar-refractivity contribution < 1.29 is 13.2 Å². The van der Waals surface area contributed by atoms with E-state index in [1.165, 1.54) is 0 Å². The zero-order chi connectivity index (χ0) is 10.9. The molecule has 0 aliphatic carbocycles. The summed E-state index contributed by atoms with van der Waals surface area (Å²) in [6.45, 7) is 0.245. The number of hydrogen-bond donors (Lipinski definition) is 1. The number of methoxy groups -OCH3 is 1. The molecule has 1 aromatic rings. The highest BCUT2D eigenvalue weighted by atomic mass is 32.2. The molecule has 0 atom stereocenters. The number of rotatable bonds is 2. The average molecular weight is 226 g/mol. The second-order valence-electron chi connectivity index (χ2n) is 3.06. The van der Waals surface area contributed by atoms with E-state index in [4.69, 9.17) is 4.74 Å². The first-order valence-electron chi connectivity index (χ1n) is 4.33. The third-order valence-electron chi connectivity index (χ3n) is 2.08. The Morgan fingerprint density at radius 3 is 2.47 bits per heavy atom. The van der Waals surface area contributed by atoms with E-state index < -0.39 is 10.2 Å². The predicted octanol–water partition coefficient (Wildman–Crippen LogP) is 0.332. The van der Waals surface area contributed by atoms with Crippen molar-refractivity contribution in [3.05, 3.63) is 29.8 Å². The number of nitrogens with one attached hydrogen (secondary N) is 1. The molecule has 0 unspecified atom stereocenters. The van der Waals surface area contributed by atoms with Gasteiger partial charge in [-0.1, -0.05) is 0 Å². The number of benzene rings is 1. The Morgan fingerprint density at radius 2 is 2.00 bits per heavy atom. The summed E-state index contributed by atoms with van der Waals surface area (Å²) in [6.07, 6.45) is 0. The molecule has 5 nitrogen and oxygen atoms in total. The van der Waals surface area contributed by atoms with Gasteiger partial charge in [0.2, 0.25) is 0 Å². The maximum Gasteiger partial charge on any atom is 0.320 e. The molecule has 0 spiro atoms. The summed E-state index contributed by atoms with van der Waals surface area (Å²) in [6, 6.07) is 7.09. The molecule has 0 radical (unpaired) electrons. The monoisotopic (exact) mass is 226 g/mol. The number of hydrogen-bond acceptors (Lipinski definition) is 3. The van der Waals surface area contributed by atoms with E-state index in [2.05, 4.69) is 9.12 Å². The average Bonchev–Trinajstić information content (AvgIpc) is 2.59. The van der Waals surface area contributed by atoms with Crippen molar-refractivity contribution in [2.45, 2.75) is 0 Å².